The van der Waals surface area contributed by atoms with Gasteiger partial charge < -0.3 is 5.32 Å². The number of hydrogen-bond acceptors (Lipinski definition) is 4. The van der Waals surface area contributed by atoms with Gasteiger partial charge in [-0.1, -0.05) is 66.8 Å². The van der Waals surface area contributed by atoms with E-state index in [1.165, 1.54) is 23.9 Å². The Balaban J connectivity index is 1.40. The highest BCUT2D eigenvalue weighted by atomic mass is 32.2. The molecule has 1 aliphatic rings. The molecular formula is C22H21FN2O2S2. The molecule has 4 nitrogen and oxygen atoms in total. The molecule has 0 atom stereocenters. The maximum atomic E-state index is 13.1. The summed E-state index contributed by atoms with van der Waals surface area (Å²) in [5.41, 5.74) is 1.43. The molecule has 0 aliphatic carbocycles. The first-order chi connectivity index (χ1) is 14.0. The molecule has 0 saturated carbocycles. The van der Waals surface area contributed by atoms with Crippen LogP contribution in [0.3, 0.4) is 0 Å². The number of amides is 2. The zero-order chi connectivity index (χ0) is 20.6. The van der Waals surface area contributed by atoms with E-state index in [0.717, 1.165) is 18.4 Å². The molecule has 0 bridgehead atoms. The largest absolute Gasteiger partial charge is 0.326 e. The van der Waals surface area contributed by atoms with E-state index in [1.807, 2.05) is 36.4 Å². The van der Waals surface area contributed by atoms with E-state index in [4.69, 9.17) is 12.2 Å². The molecule has 1 aliphatic heterocycles. The zero-order valence-electron chi connectivity index (χ0n) is 15.8. The lowest BCUT2D eigenvalue weighted by Gasteiger charge is -2.14. The van der Waals surface area contributed by atoms with Gasteiger partial charge in [-0.2, -0.15) is 0 Å². The van der Waals surface area contributed by atoms with E-state index in [1.54, 1.807) is 17.0 Å². The first-order valence-electron chi connectivity index (χ1n) is 9.39. The molecule has 1 fully saturated rings. The fraction of sp³-hybridized carbons (Fsp3) is 0.227. The lowest BCUT2D eigenvalue weighted by molar-refractivity contribution is -0.122. The maximum absolute atomic E-state index is 13.1. The second kappa shape index (κ2) is 10.3. The van der Waals surface area contributed by atoms with Gasteiger partial charge in [-0.05, 0) is 42.7 Å². The van der Waals surface area contributed by atoms with E-state index < -0.39 is 0 Å². The van der Waals surface area contributed by atoms with Crippen LogP contribution in [-0.2, 0) is 9.59 Å². The van der Waals surface area contributed by atoms with Crippen molar-refractivity contribution in [2.75, 3.05) is 11.9 Å². The summed E-state index contributed by atoms with van der Waals surface area (Å²) in [6.45, 7) is 0.544. The Labute approximate surface area is 179 Å². The molecule has 0 radical (unpaired) electrons. The minimum Gasteiger partial charge on any atom is -0.326 e. The van der Waals surface area contributed by atoms with E-state index in [-0.39, 0.29) is 17.6 Å². The standard InChI is InChI=1S/C22H21FN2O2S2/c23-17-10-7-11-18(15-17)24-20(26)12-5-2-6-13-25-21(27)19(29-22(25)28)14-16-8-3-1-4-9-16/h1,3-4,7-11,14-15H,2,5-6,12-13H2,(H,24,26)/b19-14-. The predicted octanol–water partition coefficient (Wildman–Crippen LogP) is 5.23. The third kappa shape index (κ3) is 6.24. The summed E-state index contributed by atoms with van der Waals surface area (Å²) in [7, 11) is 0. The minimum atomic E-state index is -0.382. The number of unbranched alkanes of at least 4 members (excludes halogenated alkanes) is 2. The Kier molecular flexibility index (Phi) is 7.55. The van der Waals surface area contributed by atoms with Gasteiger partial charge in [-0.3, -0.25) is 14.5 Å². The summed E-state index contributed by atoms with van der Waals surface area (Å²) in [4.78, 5) is 26.8. The second-order valence-corrected chi connectivity index (χ2v) is 8.29. The van der Waals surface area contributed by atoms with Gasteiger partial charge in [0.05, 0.1) is 4.91 Å². The molecule has 2 amide bonds. The molecule has 1 saturated heterocycles. The second-order valence-electron chi connectivity index (χ2n) is 6.61. The summed E-state index contributed by atoms with van der Waals surface area (Å²) < 4.78 is 13.7. The molecule has 150 valence electrons. The van der Waals surface area contributed by atoms with Gasteiger partial charge in [0.25, 0.3) is 5.91 Å². The molecule has 0 unspecified atom stereocenters. The molecule has 1 heterocycles. The van der Waals surface area contributed by atoms with Crippen LogP contribution in [0.4, 0.5) is 10.1 Å². The van der Waals surface area contributed by atoms with Crippen LogP contribution in [-0.4, -0.2) is 27.6 Å². The number of carbonyl (C=O) groups excluding carboxylic acids is 2. The van der Waals surface area contributed by atoms with Gasteiger partial charge in [0.2, 0.25) is 5.91 Å². The summed E-state index contributed by atoms with van der Waals surface area (Å²) in [5.74, 6) is -0.590. The Morgan fingerprint density at radius 2 is 1.90 bits per heavy atom. The van der Waals surface area contributed by atoms with Gasteiger partial charge in [0, 0.05) is 18.7 Å². The van der Waals surface area contributed by atoms with Crippen molar-refractivity contribution in [3.05, 3.63) is 70.9 Å². The number of halogens is 1. The van der Waals surface area contributed by atoms with E-state index >= 15 is 0 Å². The lowest BCUT2D eigenvalue weighted by Crippen LogP contribution is -2.29. The number of carbonyl (C=O) groups is 2. The van der Waals surface area contributed by atoms with Crippen LogP contribution in [0.1, 0.15) is 31.2 Å². The van der Waals surface area contributed by atoms with E-state index in [2.05, 4.69) is 5.32 Å². The molecule has 2 aromatic rings. The maximum Gasteiger partial charge on any atom is 0.266 e. The third-order valence-corrected chi connectivity index (χ3v) is 5.74. The van der Waals surface area contributed by atoms with Crippen molar-refractivity contribution in [2.24, 2.45) is 0 Å². The highest BCUT2D eigenvalue weighted by molar-refractivity contribution is 8.26. The van der Waals surface area contributed by atoms with Gasteiger partial charge in [0.1, 0.15) is 10.1 Å². The van der Waals surface area contributed by atoms with Crippen molar-refractivity contribution in [1.29, 1.82) is 0 Å². The summed E-state index contributed by atoms with van der Waals surface area (Å²) in [6, 6.07) is 15.5. The molecular weight excluding hydrogens is 407 g/mol. The molecule has 1 N–H and O–H groups in total. The smallest absolute Gasteiger partial charge is 0.266 e. The Morgan fingerprint density at radius 1 is 1.10 bits per heavy atom. The number of anilines is 1. The molecule has 7 heteroatoms. The fourth-order valence-corrected chi connectivity index (χ4v) is 4.22. The normalized spacial score (nSPS) is 15.2. The van der Waals surface area contributed by atoms with Crippen molar-refractivity contribution >= 4 is 51.9 Å². The highest BCUT2D eigenvalue weighted by Crippen LogP contribution is 2.32. The van der Waals surface area contributed by atoms with Gasteiger partial charge >= 0.3 is 0 Å². The third-order valence-electron chi connectivity index (χ3n) is 4.36. The number of thiocarbonyl (C=S) groups is 1. The lowest BCUT2D eigenvalue weighted by atomic mass is 10.1. The van der Waals surface area contributed by atoms with Crippen molar-refractivity contribution in [3.8, 4) is 0 Å². The van der Waals surface area contributed by atoms with Crippen LogP contribution in [0, 0.1) is 5.82 Å². The monoisotopic (exact) mass is 428 g/mol. The topological polar surface area (TPSA) is 49.4 Å². The van der Waals surface area contributed by atoms with Crippen LogP contribution in [0.15, 0.2) is 59.5 Å². The van der Waals surface area contributed by atoms with Gasteiger partial charge in [0.15, 0.2) is 0 Å². The average Bonchev–Trinajstić information content (AvgIpc) is 2.95. The number of hydrogen-bond donors (Lipinski definition) is 1. The van der Waals surface area contributed by atoms with Crippen LogP contribution in [0.5, 0.6) is 0 Å². The number of thioether (sulfide) groups is 1. The van der Waals surface area contributed by atoms with Crippen LogP contribution >= 0.6 is 24.0 Å². The summed E-state index contributed by atoms with van der Waals surface area (Å²) >= 11 is 6.67. The van der Waals surface area contributed by atoms with E-state index in [9.17, 15) is 14.0 Å². The Bertz CT molecular complexity index is 931. The average molecular weight is 429 g/mol. The van der Waals surface area contributed by atoms with Crippen molar-refractivity contribution < 1.29 is 14.0 Å². The van der Waals surface area contributed by atoms with Crippen LogP contribution in [0.2, 0.25) is 0 Å². The molecule has 0 spiro atoms. The van der Waals surface area contributed by atoms with Crippen LogP contribution < -0.4 is 5.32 Å². The molecule has 29 heavy (non-hydrogen) atoms. The van der Waals surface area contributed by atoms with E-state index in [0.29, 0.717) is 34.3 Å². The van der Waals surface area contributed by atoms with Crippen molar-refractivity contribution in [1.82, 2.24) is 4.90 Å². The highest BCUT2D eigenvalue weighted by Gasteiger charge is 2.31. The van der Waals surface area contributed by atoms with Crippen molar-refractivity contribution in [2.45, 2.75) is 25.7 Å². The zero-order valence-corrected chi connectivity index (χ0v) is 17.4. The number of rotatable bonds is 8. The summed E-state index contributed by atoms with van der Waals surface area (Å²) in [5, 5.41) is 2.68. The predicted molar refractivity (Wildman–Crippen MR) is 120 cm³/mol. The molecule has 3 rings (SSSR count). The molecule has 2 aromatic carbocycles. The van der Waals surface area contributed by atoms with Gasteiger partial charge in [-0.15, -0.1) is 0 Å². The fourth-order valence-electron chi connectivity index (χ4n) is 2.92. The Hall–Kier alpha value is -2.51. The number of nitrogens with one attached hydrogen (secondary N) is 1. The SMILES string of the molecule is O=C(CCCCCN1C(=O)/C(=C/c2ccccc2)SC1=S)Nc1cccc(F)c1. The summed E-state index contributed by atoms with van der Waals surface area (Å²) in [6.07, 6.45) is 4.46. The number of benzene rings is 2. The first-order valence-corrected chi connectivity index (χ1v) is 10.6. The van der Waals surface area contributed by atoms with Crippen molar-refractivity contribution in [3.63, 3.8) is 0 Å². The Morgan fingerprint density at radius 3 is 2.66 bits per heavy atom. The number of nitrogens with zero attached hydrogens (tertiary/aromatic N) is 1. The molecule has 0 aromatic heterocycles. The first kappa shape index (κ1) is 21.2. The van der Waals surface area contributed by atoms with Gasteiger partial charge in [-0.25, -0.2) is 4.39 Å². The quantitative estimate of drug-likeness (QED) is 0.356. The van der Waals surface area contributed by atoms with Crippen LogP contribution in [0.25, 0.3) is 6.08 Å². The minimum absolute atomic E-state index is 0.0623.